The molecule has 1 fully saturated rings. The molecule has 0 bridgehead atoms. The van der Waals surface area contributed by atoms with Crippen molar-refractivity contribution in [2.75, 3.05) is 0 Å². The van der Waals surface area contributed by atoms with E-state index in [4.69, 9.17) is 5.11 Å². The number of nitrogens with one attached hydrogen (secondary N) is 1. The second-order valence-corrected chi connectivity index (χ2v) is 5.33. The van der Waals surface area contributed by atoms with Crippen molar-refractivity contribution in [3.05, 3.63) is 35.4 Å². The highest BCUT2D eigenvalue weighted by Crippen LogP contribution is 2.25. The van der Waals surface area contributed by atoms with Crippen LogP contribution in [0.3, 0.4) is 0 Å². The molecule has 110 valence electrons. The van der Waals surface area contributed by atoms with Crippen LogP contribution in [-0.4, -0.2) is 17.1 Å². The third-order valence-corrected chi connectivity index (χ3v) is 3.82. The van der Waals surface area contributed by atoms with Crippen LogP contribution in [0.2, 0.25) is 0 Å². The summed E-state index contributed by atoms with van der Waals surface area (Å²) in [5.41, 5.74) is 0.830. The fourth-order valence-corrected chi connectivity index (χ4v) is 2.70. The van der Waals surface area contributed by atoms with Gasteiger partial charge in [-0.3, -0.25) is 4.79 Å². The smallest absolute Gasteiger partial charge is 0.306 e. The van der Waals surface area contributed by atoms with Gasteiger partial charge in [-0.15, -0.1) is 0 Å². The van der Waals surface area contributed by atoms with Crippen LogP contribution < -0.4 is 5.32 Å². The minimum absolute atomic E-state index is 0.0244. The Morgan fingerprint density at radius 1 is 1.40 bits per heavy atom. The zero-order valence-corrected chi connectivity index (χ0v) is 11.2. The van der Waals surface area contributed by atoms with Crippen molar-refractivity contribution in [1.82, 2.24) is 5.32 Å². The topological polar surface area (TPSA) is 49.3 Å². The lowest BCUT2D eigenvalue weighted by Gasteiger charge is -2.27. The van der Waals surface area contributed by atoms with Crippen LogP contribution >= 0.6 is 0 Å². The second-order valence-electron chi connectivity index (χ2n) is 5.33. The third kappa shape index (κ3) is 4.00. The molecule has 2 unspecified atom stereocenters. The summed E-state index contributed by atoms with van der Waals surface area (Å²) in [6, 6.07) is 6.49. The van der Waals surface area contributed by atoms with Crippen LogP contribution in [0.15, 0.2) is 24.3 Å². The summed E-state index contributed by atoms with van der Waals surface area (Å²) in [5, 5.41) is 12.3. The lowest BCUT2D eigenvalue weighted by Crippen LogP contribution is -2.36. The van der Waals surface area contributed by atoms with Crippen molar-refractivity contribution in [2.24, 2.45) is 5.92 Å². The van der Waals surface area contributed by atoms with Gasteiger partial charge in [0.1, 0.15) is 0 Å². The molecule has 1 aliphatic carbocycles. The monoisotopic (exact) mass is 283 g/mol. The molecule has 3 nitrogen and oxygen atoms in total. The number of carbonyl (C=O) groups is 1. The third-order valence-electron chi connectivity index (χ3n) is 3.82. The van der Waals surface area contributed by atoms with Crippen LogP contribution in [0.4, 0.5) is 8.78 Å². The molecule has 1 aliphatic rings. The number of carboxylic acid groups (broad SMARTS) is 1. The first-order valence-corrected chi connectivity index (χ1v) is 6.89. The number of alkyl halides is 2. The van der Waals surface area contributed by atoms with Crippen LogP contribution in [0.25, 0.3) is 0 Å². The SMILES string of the molecule is O=C(O)C1CCCC(NCc2cccc(C(F)F)c2)C1. The predicted molar refractivity (Wildman–Crippen MR) is 71.6 cm³/mol. The standard InChI is InChI=1S/C15H19F2NO2/c16-14(17)11-4-1-3-10(7-11)9-18-13-6-2-5-12(8-13)15(19)20/h1,3-4,7,12-14,18H,2,5-6,8-9H2,(H,19,20). The molecule has 0 radical (unpaired) electrons. The molecule has 0 amide bonds. The van der Waals surface area contributed by atoms with E-state index in [1.54, 1.807) is 12.1 Å². The Bertz CT molecular complexity index is 465. The van der Waals surface area contributed by atoms with E-state index in [0.717, 1.165) is 24.8 Å². The van der Waals surface area contributed by atoms with Crippen molar-refractivity contribution in [3.63, 3.8) is 0 Å². The molecular formula is C15H19F2NO2. The molecule has 5 heteroatoms. The van der Waals surface area contributed by atoms with Gasteiger partial charge in [0.05, 0.1) is 5.92 Å². The molecule has 20 heavy (non-hydrogen) atoms. The highest BCUT2D eigenvalue weighted by atomic mass is 19.3. The van der Waals surface area contributed by atoms with Gasteiger partial charge in [0, 0.05) is 18.2 Å². The Hall–Kier alpha value is -1.49. The van der Waals surface area contributed by atoms with Crippen LogP contribution in [0.5, 0.6) is 0 Å². The summed E-state index contributed by atoms with van der Waals surface area (Å²) in [5.74, 6) is -1.02. The Morgan fingerprint density at radius 3 is 2.90 bits per heavy atom. The molecule has 0 saturated heterocycles. The van der Waals surface area contributed by atoms with Crippen molar-refractivity contribution in [1.29, 1.82) is 0 Å². The van der Waals surface area contributed by atoms with Gasteiger partial charge in [0.25, 0.3) is 6.43 Å². The number of hydrogen-bond acceptors (Lipinski definition) is 2. The Labute approximate surface area is 117 Å². The fraction of sp³-hybridized carbons (Fsp3) is 0.533. The summed E-state index contributed by atoms with van der Waals surface area (Å²) >= 11 is 0. The van der Waals surface area contributed by atoms with Gasteiger partial charge >= 0.3 is 5.97 Å². The fourth-order valence-electron chi connectivity index (χ4n) is 2.70. The molecule has 1 saturated carbocycles. The average Bonchev–Trinajstić information content (AvgIpc) is 2.45. The largest absolute Gasteiger partial charge is 0.481 e. The molecule has 0 spiro atoms. The Balaban J connectivity index is 1.88. The summed E-state index contributed by atoms with van der Waals surface area (Å²) in [4.78, 5) is 11.0. The maximum atomic E-state index is 12.6. The van der Waals surface area contributed by atoms with E-state index in [9.17, 15) is 13.6 Å². The van der Waals surface area contributed by atoms with Gasteiger partial charge in [0.2, 0.25) is 0 Å². The van der Waals surface area contributed by atoms with Crippen LogP contribution in [0.1, 0.15) is 43.2 Å². The van der Waals surface area contributed by atoms with Gasteiger partial charge in [-0.2, -0.15) is 0 Å². The molecule has 1 aromatic rings. The zero-order valence-electron chi connectivity index (χ0n) is 11.2. The van der Waals surface area contributed by atoms with Gasteiger partial charge in [0.15, 0.2) is 0 Å². The highest BCUT2D eigenvalue weighted by Gasteiger charge is 2.26. The number of carboxylic acids is 1. The molecule has 1 aromatic carbocycles. The van der Waals surface area contributed by atoms with E-state index < -0.39 is 12.4 Å². The quantitative estimate of drug-likeness (QED) is 0.871. The van der Waals surface area contributed by atoms with Crippen LogP contribution in [0, 0.1) is 5.92 Å². The van der Waals surface area contributed by atoms with Crippen molar-refractivity contribution in [3.8, 4) is 0 Å². The van der Waals surface area contributed by atoms with E-state index in [1.807, 2.05) is 0 Å². The van der Waals surface area contributed by atoms with Crippen molar-refractivity contribution in [2.45, 2.75) is 44.7 Å². The van der Waals surface area contributed by atoms with E-state index in [1.165, 1.54) is 12.1 Å². The second kappa shape index (κ2) is 6.79. The number of aliphatic carboxylic acids is 1. The highest BCUT2D eigenvalue weighted by molar-refractivity contribution is 5.70. The molecular weight excluding hydrogens is 264 g/mol. The summed E-state index contributed by atoms with van der Waals surface area (Å²) in [6.45, 7) is 0.498. The van der Waals surface area contributed by atoms with Crippen LogP contribution in [-0.2, 0) is 11.3 Å². The van der Waals surface area contributed by atoms with Crippen molar-refractivity contribution >= 4 is 5.97 Å². The molecule has 2 rings (SSSR count). The summed E-state index contributed by atoms with van der Waals surface area (Å²) in [6.07, 6.45) is 0.725. The molecule has 2 atom stereocenters. The predicted octanol–water partition coefficient (Wildman–Crippen LogP) is 3.36. The molecule has 0 heterocycles. The van der Waals surface area contributed by atoms with Crippen molar-refractivity contribution < 1.29 is 18.7 Å². The lowest BCUT2D eigenvalue weighted by atomic mass is 9.86. The first-order valence-electron chi connectivity index (χ1n) is 6.89. The number of hydrogen-bond donors (Lipinski definition) is 2. The first-order chi connectivity index (χ1) is 9.56. The number of halogens is 2. The van der Waals surface area contributed by atoms with E-state index >= 15 is 0 Å². The van der Waals surface area contributed by atoms with Gasteiger partial charge < -0.3 is 10.4 Å². The molecule has 2 N–H and O–H groups in total. The van der Waals surface area contributed by atoms with Gasteiger partial charge in [-0.1, -0.05) is 24.6 Å². The maximum absolute atomic E-state index is 12.6. The zero-order chi connectivity index (χ0) is 14.5. The first kappa shape index (κ1) is 14.9. The molecule has 0 aliphatic heterocycles. The molecule has 0 aromatic heterocycles. The van der Waals surface area contributed by atoms with E-state index in [-0.39, 0.29) is 17.5 Å². The van der Waals surface area contributed by atoms with Gasteiger partial charge in [-0.05, 0) is 30.9 Å². The minimum Gasteiger partial charge on any atom is -0.481 e. The minimum atomic E-state index is -2.46. The normalized spacial score (nSPS) is 22.9. The summed E-state index contributed by atoms with van der Waals surface area (Å²) < 4.78 is 25.2. The Morgan fingerprint density at radius 2 is 2.20 bits per heavy atom. The number of rotatable bonds is 5. The van der Waals surface area contributed by atoms with E-state index in [2.05, 4.69) is 5.32 Å². The summed E-state index contributed by atoms with van der Waals surface area (Å²) in [7, 11) is 0. The maximum Gasteiger partial charge on any atom is 0.306 e. The van der Waals surface area contributed by atoms with Gasteiger partial charge in [-0.25, -0.2) is 8.78 Å². The number of benzene rings is 1. The lowest BCUT2D eigenvalue weighted by molar-refractivity contribution is -0.143. The Kier molecular flexibility index (Phi) is 5.06. The van der Waals surface area contributed by atoms with E-state index in [0.29, 0.717) is 13.0 Å². The average molecular weight is 283 g/mol.